The third-order valence-electron chi connectivity index (χ3n) is 6.36. The Bertz CT molecular complexity index is 423. The van der Waals surface area contributed by atoms with Crippen molar-refractivity contribution in [3.8, 4) is 0 Å². The summed E-state index contributed by atoms with van der Waals surface area (Å²) in [6.45, 7) is 4.97. The van der Waals surface area contributed by atoms with Crippen LogP contribution in [0.25, 0.3) is 26.6 Å². The van der Waals surface area contributed by atoms with Crippen molar-refractivity contribution in [3.05, 3.63) is 26.6 Å². The van der Waals surface area contributed by atoms with E-state index in [0.717, 1.165) is 52.1 Å². The van der Waals surface area contributed by atoms with Crippen LogP contribution in [0.5, 0.6) is 0 Å². The van der Waals surface area contributed by atoms with Crippen LogP contribution in [-0.4, -0.2) is 69.5 Å². The van der Waals surface area contributed by atoms with Crippen LogP contribution in [0.2, 0.25) is 0 Å². The molecule has 0 spiro atoms. The van der Waals surface area contributed by atoms with E-state index < -0.39 is 0 Å². The third kappa shape index (κ3) is 10.7. The summed E-state index contributed by atoms with van der Waals surface area (Å²) in [6, 6.07) is 1.93. The Morgan fingerprint density at radius 2 is 1.07 bits per heavy atom. The summed E-state index contributed by atoms with van der Waals surface area (Å²) in [5.74, 6) is 0. The van der Waals surface area contributed by atoms with Crippen molar-refractivity contribution < 1.29 is 13.1 Å². The van der Waals surface area contributed by atoms with E-state index in [9.17, 15) is 0 Å². The van der Waals surface area contributed by atoms with Gasteiger partial charge < -0.3 is 32.3 Å². The molecule has 3 rings (SSSR count). The van der Waals surface area contributed by atoms with E-state index in [2.05, 4.69) is 0 Å². The normalized spacial score (nSPS) is 34.3. The Balaban J connectivity index is 0.00000101. The van der Waals surface area contributed by atoms with Crippen molar-refractivity contribution in [1.82, 2.24) is 0 Å². The predicted octanol–water partition coefficient (Wildman–Crippen LogP) is 5.97. The van der Waals surface area contributed by atoms with Gasteiger partial charge in [-0.25, -0.2) is 0 Å². The summed E-state index contributed by atoms with van der Waals surface area (Å²) >= 11 is 0.00694. The number of rotatable bonds is 3. The minimum atomic E-state index is 0.00694. The number of hydrogen-bond acceptors (Lipinski definition) is 1. The first-order valence-electron chi connectivity index (χ1n) is 11.7. The van der Waals surface area contributed by atoms with Gasteiger partial charge in [-0.05, 0) is 13.0 Å². The Morgan fingerprint density at radius 3 is 1.50 bits per heavy atom. The first kappa shape index (κ1) is 27.1. The number of nitrogens with two attached hydrogens (primary N) is 1. The molecule has 30 heavy (non-hydrogen) atoms. The zero-order valence-corrected chi connectivity index (χ0v) is 20.8. The fourth-order valence-corrected chi connectivity index (χ4v) is 4.80. The minimum absolute atomic E-state index is 0.00694. The number of halogens is 2. The van der Waals surface area contributed by atoms with E-state index in [1.54, 1.807) is 0 Å². The van der Waals surface area contributed by atoms with Crippen molar-refractivity contribution in [2.24, 2.45) is 5.73 Å². The molecule has 3 aliphatic rings. The van der Waals surface area contributed by atoms with E-state index in [1.807, 2.05) is 0 Å². The summed E-state index contributed by atoms with van der Waals surface area (Å²) in [5.41, 5.74) is 5.74. The fourth-order valence-electron chi connectivity index (χ4n) is 4.80. The van der Waals surface area contributed by atoms with Gasteiger partial charge in [-0.15, -0.1) is 0 Å². The van der Waals surface area contributed by atoms with E-state index in [0.29, 0.717) is 30.2 Å². The van der Waals surface area contributed by atoms with Crippen LogP contribution in [-0.2, 0) is 13.1 Å². The van der Waals surface area contributed by atoms with E-state index in [1.165, 1.54) is 51.4 Å². The van der Waals surface area contributed by atoms with Crippen molar-refractivity contribution in [1.29, 1.82) is 0 Å². The van der Waals surface area contributed by atoms with Gasteiger partial charge >= 0.3 is 33.3 Å². The molecule has 1 aliphatic heterocycles. The Morgan fingerprint density at radius 1 is 0.667 bits per heavy atom. The van der Waals surface area contributed by atoms with E-state index in [-0.39, 0.29) is 13.1 Å². The topological polar surface area (TPSA) is 96.5 Å². The molecule has 0 aromatic rings. The second kappa shape index (κ2) is 17.4. The molecule has 0 aromatic heterocycles. The summed E-state index contributed by atoms with van der Waals surface area (Å²) in [4.78, 5) is 0. The number of fused-ring (bicyclic) bond motifs is 2. The molecule has 3 fully saturated rings. The molecular weight excluding hydrogens is 462 g/mol. The first-order chi connectivity index (χ1) is 14.8. The molecule has 9 heteroatoms. The van der Waals surface area contributed by atoms with Gasteiger partial charge in [0, 0.05) is 0 Å². The quantitative estimate of drug-likeness (QED) is 0.474. The van der Waals surface area contributed by atoms with Gasteiger partial charge in [-0.2, -0.15) is 62.9 Å². The van der Waals surface area contributed by atoms with Crippen LogP contribution < -0.4 is 5.73 Å². The van der Waals surface area contributed by atoms with E-state index >= 15 is 0 Å². The second-order valence-electron chi connectivity index (χ2n) is 8.47. The molecule has 0 bridgehead atoms. The van der Waals surface area contributed by atoms with Crippen LogP contribution in [0.15, 0.2) is 0 Å². The second-order valence-corrected chi connectivity index (χ2v) is 10.4. The first-order valence-corrected chi connectivity index (χ1v) is 14.9. The van der Waals surface area contributed by atoms with Gasteiger partial charge in [0.25, 0.3) is 0 Å². The van der Waals surface area contributed by atoms with Crippen molar-refractivity contribution in [3.63, 3.8) is 0 Å². The van der Waals surface area contributed by atoms with Gasteiger partial charge in [-0.1, -0.05) is 57.8 Å². The van der Waals surface area contributed by atoms with Gasteiger partial charge in [-0.3, -0.25) is 0 Å². The van der Waals surface area contributed by atoms with Crippen LogP contribution in [0.3, 0.4) is 0 Å². The van der Waals surface area contributed by atoms with Crippen LogP contribution in [0.4, 0.5) is 0 Å². The van der Waals surface area contributed by atoms with Crippen LogP contribution >= 0.6 is 20.2 Å². The van der Waals surface area contributed by atoms with Gasteiger partial charge in [0.1, 0.15) is 0 Å². The average molecular weight is 501 g/mol. The van der Waals surface area contributed by atoms with E-state index in [4.69, 9.17) is 52.5 Å². The maximum absolute atomic E-state index is 5.74. The monoisotopic (exact) mass is 500 g/mol. The molecule has 0 unspecified atom stereocenters. The van der Waals surface area contributed by atoms with Crippen LogP contribution in [0.1, 0.15) is 64.2 Å². The summed E-state index contributed by atoms with van der Waals surface area (Å²) in [5, 5.41) is 25.0. The molecule has 2 N–H and O–H groups in total. The molecule has 6 nitrogen and oxygen atoms in total. The summed E-state index contributed by atoms with van der Waals surface area (Å²) < 4.78 is 0. The van der Waals surface area contributed by atoms with Crippen molar-refractivity contribution >= 4 is 20.2 Å². The standard InChI is InChI=1S/C21H39N6.2ClH.Mn/c22-11-5-6-17-16-27-21-10-4-3-9-20(21)26-15-14-25-19-8-2-1-7-18(19)24-13-12-23-17;;;/h17-21H,1-16,22H2;2*1H;/q-5;;;+2/p-2/t17-,18+,19-,20+,21-;;;/m0.../s1. The zero-order valence-electron chi connectivity index (χ0n) is 18.1. The molecule has 0 aromatic carbocycles. The fraction of sp³-hybridized carbons (Fsp3) is 1.00. The maximum atomic E-state index is 5.74. The summed E-state index contributed by atoms with van der Waals surface area (Å²) in [6.07, 6.45) is 12.0. The summed E-state index contributed by atoms with van der Waals surface area (Å²) in [7, 11) is 9.59. The zero-order chi connectivity index (χ0) is 21.4. The Labute approximate surface area is 198 Å². The number of nitrogens with zero attached hydrogens (tertiary/aromatic N) is 5. The Kier molecular flexibility index (Phi) is 15.7. The molecule has 5 atom stereocenters. The molecule has 2 aliphatic carbocycles. The SMILES string of the molecule is NCCC[C@H]1C[N-][C@H]2CCCC[C@H]2[N-]CC[N-][C@H]2CCCC[C@H]2[N-]CC[N-]1.[Cl][Mn][Cl]. The Hall–Kier alpha value is 0.859. The predicted molar refractivity (Wildman–Crippen MR) is 127 cm³/mol. The van der Waals surface area contributed by atoms with Gasteiger partial charge in [0.05, 0.1) is 0 Å². The molecule has 0 amide bonds. The molecule has 179 valence electrons. The van der Waals surface area contributed by atoms with Gasteiger partial charge in [0.2, 0.25) is 0 Å². The van der Waals surface area contributed by atoms with Gasteiger partial charge in [0.15, 0.2) is 0 Å². The molecule has 2 saturated carbocycles. The number of hydrogen-bond donors (Lipinski definition) is 1. The van der Waals surface area contributed by atoms with Crippen LogP contribution in [0, 0.1) is 0 Å². The molecule has 1 heterocycles. The molecular formula is C21H39Cl2MnN6-5. The third-order valence-corrected chi connectivity index (χ3v) is 6.36. The average Bonchev–Trinajstić information content (AvgIpc) is 2.77. The molecule has 1 saturated heterocycles. The molecule has 0 radical (unpaired) electrons. The van der Waals surface area contributed by atoms with Crippen molar-refractivity contribution in [2.45, 2.75) is 94.4 Å². The van der Waals surface area contributed by atoms with Crippen molar-refractivity contribution in [2.75, 3.05) is 39.3 Å².